The van der Waals surface area contributed by atoms with Gasteiger partial charge in [-0.2, -0.15) is 0 Å². The molecule has 0 radical (unpaired) electrons. The molecule has 0 aliphatic rings. The first-order chi connectivity index (χ1) is 7.06. The number of rotatable bonds is 2. The first kappa shape index (κ1) is 10.8. The van der Waals surface area contributed by atoms with Crippen molar-refractivity contribution >= 4 is 17.7 Å². The number of nitrogens with zero attached hydrogens (tertiary/aromatic N) is 1. The van der Waals surface area contributed by atoms with E-state index in [1.807, 2.05) is 0 Å². The van der Waals surface area contributed by atoms with Gasteiger partial charge in [-0.15, -0.1) is 0 Å². The maximum Gasteiger partial charge on any atom is 0.326 e. The molecule has 1 rings (SSSR count). The first-order valence-electron chi connectivity index (χ1n) is 4.14. The lowest BCUT2D eigenvalue weighted by molar-refractivity contribution is 0.256. The van der Waals surface area contributed by atoms with E-state index >= 15 is 0 Å². The van der Waals surface area contributed by atoms with Crippen LogP contribution in [-0.2, 0) is 0 Å². The Morgan fingerprint density at radius 3 is 2.20 bits per heavy atom. The Kier molecular flexibility index (Phi) is 3.12. The van der Waals surface area contributed by atoms with Crippen molar-refractivity contribution in [1.29, 1.82) is 5.41 Å². The van der Waals surface area contributed by atoms with E-state index in [0.29, 0.717) is 11.4 Å². The Morgan fingerprint density at radius 2 is 1.87 bits per heavy atom. The maximum absolute atomic E-state index is 11.0. The van der Waals surface area contributed by atoms with E-state index in [4.69, 9.17) is 21.6 Å². The summed E-state index contributed by atoms with van der Waals surface area (Å²) in [6.07, 6.45) is 0. The number of urea groups is 1. The summed E-state index contributed by atoms with van der Waals surface area (Å²) in [4.78, 5) is 11.9. The molecule has 0 spiro atoms. The highest BCUT2D eigenvalue weighted by Crippen LogP contribution is 2.18. The van der Waals surface area contributed by atoms with Gasteiger partial charge in [0.25, 0.3) is 0 Å². The third kappa shape index (κ3) is 2.37. The molecular weight excluding hydrogens is 196 g/mol. The highest BCUT2D eigenvalue weighted by molar-refractivity contribution is 6.13. The third-order valence-electron chi connectivity index (χ3n) is 1.79. The SMILES string of the molecule is COc1ccc(N(C(=N)N)C(N)=O)cc1. The van der Waals surface area contributed by atoms with Crippen LogP contribution in [0.3, 0.4) is 0 Å². The predicted molar refractivity (Wildman–Crippen MR) is 57.0 cm³/mol. The molecule has 0 aromatic heterocycles. The van der Waals surface area contributed by atoms with Crippen LogP contribution in [0.1, 0.15) is 0 Å². The van der Waals surface area contributed by atoms with Gasteiger partial charge in [-0.1, -0.05) is 0 Å². The summed E-state index contributed by atoms with van der Waals surface area (Å²) in [5.74, 6) is 0.222. The molecule has 0 saturated carbocycles. The molecule has 0 atom stereocenters. The quantitative estimate of drug-likeness (QED) is 0.486. The second-order valence-electron chi connectivity index (χ2n) is 2.76. The second kappa shape index (κ2) is 4.32. The minimum Gasteiger partial charge on any atom is -0.497 e. The zero-order valence-electron chi connectivity index (χ0n) is 8.23. The van der Waals surface area contributed by atoms with Gasteiger partial charge in [0, 0.05) is 0 Å². The van der Waals surface area contributed by atoms with Crippen molar-refractivity contribution in [1.82, 2.24) is 0 Å². The zero-order chi connectivity index (χ0) is 11.4. The largest absolute Gasteiger partial charge is 0.497 e. The van der Waals surface area contributed by atoms with Gasteiger partial charge in [0.2, 0.25) is 5.96 Å². The second-order valence-corrected chi connectivity index (χ2v) is 2.76. The lowest BCUT2D eigenvalue weighted by Crippen LogP contribution is -2.44. The Labute approximate surface area is 86.9 Å². The van der Waals surface area contributed by atoms with Gasteiger partial charge >= 0.3 is 6.03 Å². The van der Waals surface area contributed by atoms with Crippen molar-refractivity contribution in [2.24, 2.45) is 11.5 Å². The van der Waals surface area contributed by atoms with Gasteiger partial charge in [-0.05, 0) is 24.3 Å². The Balaban J connectivity index is 3.02. The molecule has 15 heavy (non-hydrogen) atoms. The highest BCUT2D eigenvalue weighted by atomic mass is 16.5. The molecule has 6 heteroatoms. The highest BCUT2D eigenvalue weighted by Gasteiger charge is 2.14. The molecule has 0 saturated heterocycles. The summed E-state index contributed by atoms with van der Waals surface area (Å²) in [7, 11) is 1.53. The molecule has 1 aromatic carbocycles. The minimum atomic E-state index is -0.798. The Morgan fingerprint density at radius 1 is 1.33 bits per heavy atom. The molecule has 6 nitrogen and oxygen atoms in total. The van der Waals surface area contributed by atoms with Gasteiger partial charge in [-0.3, -0.25) is 5.41 Å². The number of methoxy groups -OCH3 is 1. The summed E-state index contributed by atoms with van der Waals surface area (Å²) >= 11 is 0. The van der Waals surface area contributed by atoms with Crippen LogP contribution < -0.4 is 21.1 Å². The average Bonchev–Trinajstić information content (AvgIpc) is 2.18. The summed E-state index contributed by atoms with van der Waals surface area (Å²) in [6, 6.07) is 5.67. The van der Waals surface area contributed by atoms with Crippen molar-refractivity contribution in [3.8, 4) is 5.75 Å². The molecule has 0 bridgehead atoms. The topological polar surface area (TPSA) is 105 Å². The molecule has 0 aliphatic carbocycles. The number of carbonyl (C=O) groups is 1. The van der Waals surface area contributed by atoms with Crippen LogP contribution in [0.25, 0.3) is 0 Å². The molecule has 5 N–H and O–H groups in total. The number of hydrogen-bond donors (Lipinski definition) is 3. The van der Waals surface area contributed by atoms with E-state index in [-0.39, 0.29) is 0 Å². The molecule has 80 valence electrons. The van der Waals surface area contributed by atoms with Gasteiger partial charge in [0.1, 0.15) is 5.75 Å². The molecule has 0 fully saturated rings. The van der Waals surface area contributed by atoms with E-state index in [0.717, 1.165) is 4.90 Å². The number of nitrogens with two attached hydrogens (primary N) is 2. The summed E-state index contributed by atoms with van der Waals surface area (Å²) in [6.45, 7) is 0. The van der Waals surface area contributed by atoms with Crippen LogP contribution in [0, 0.1) is 5.41 Å². The fraction of sp³-hybridized carbons (Fsp3) is 0.111. The standard InChI is InChI=1S/C9H12N4O2/c1-15-7-4-2-6(3-5-7)13(8(10)11)9(12)14/h2-5H,1H3,(H3,10,11)(H2,12,14). The number of ether oxygens (including phenoxy) is 1. The molecule has 0 aliphatic heterocycles. The normalized spacial score (nSPS) is 9.40. The Bertz CT molecular complexity index is 360. The van der Waals surface area contributed by atoms with Crippen molar-refractivity contribution in [2.75, 3.05) is 12.0 Å². The fourth-order valence-corrected chi connectivity index (χ4v) is 1.12. The van der Waals surface area contributed by atoms with Crippen LogP contribution in [0.4, 0.5) is 10.5 Å². The summed E-state index contributed by atoms with van der Waals surface area (Å²) in [5, 5.41) is 7.19. The van der Waals surface area contributed by atoms with Crippen molar-refractivity contribution < 1.29 is 9.53 Å². The number of primary amides is 1. The van der Waals surface area contributed by atoms with Gasteiger partial charge in [-0.25, -0.2) is 9.69 Å². The van der Waals surface area contributed by atoms with Crippen molar-refractivity contribution in [2.45, 2.75) is 0 Å². The number of anilines is 1. The fourth-order valence-electron chi connectivity index (χ4n) is 1.12. The lowest BCUT2D eigenvalue weighted by Gasteiger charge is -2.17. The van der Waals surface area contributed by atoms with Crippen LogP contribution in [-0.4, -0.2) is 19.1 Å². The van der Waals surface area contributed by atoms with Crippen molar-refractivity contribution in [3.63, 3.8) is 0 Å². The molecule has 1 aromatic rings. The van der Waals surface area contributed by atoms with Gasteiger partial charge < -0.3 is 16.2 Å². The molecular formula is C9H12N4O2. The predicted octanol–water partition coefficient (Wildman–Crippen LogP) is 0.474. The van der Waals surface area contributed by atoms with Crippen molar-refractivity contribution in [3.05, 3.63) is 24.3 Å². The van der Waals surface area contributed by atoms with E-state index in [1.165, 1.54) is 7.11 Å². The van der Waals surface area contributed by atoms with E-state index < -0.39 is 12.0 Å². The summed E-state index contributed by atoms with van der Waals surface area (Å²) < 4.78 is 4.95. The molecule has 2 amide bonds. The number of benzene rings is 1. The number of carbonyl (C=O) groups excluding carboxylic acids is 1. The van der Waals surface area contributed by atoms with Crippen LogP contribution >= 0.6 is 0 Å². The number of hydrogen-bond acceptors (Lipinski definition) is 3. The van der Waals surface area contributed by atoms with Crippen LogP contribution in [0.15, 0.2) is 24.3 Å². The molecule has 0 heterocycles. The third-order valence-corrected chi connectivity index (χ3v) is 1.79. The minimum absolute atomic E-state index is 0.423. The van der Waals surface area contributed by atoms with E-state index in [1.54, 1.807) is 24.3 Å². The van der Waals surface area contributed by atoms with E-state index in [9.17, 15) is 4.79 Å². The lowest BCUT2D eigenvalue weighted by atomic mass is 10.3. The summed E-state index contributed by atoms with van der Waals surface area (Å²) in [5.41, 5.74) is 10.7. The smallest absolute Gasteiger partial charge is 0.326 e. The van der Waals surface area contributed by atoms with Gasteiger partial charge in [0.05, 0.1) is 12.8 Å². The zero-order valence-corrected chi connectivity index (χ0v) is 8.23. The van der Waals surface area contributed by atoms with E-state index in [2.05, 4.69) is 0 Å². The number of nitrogens with one attached hydrogen (secondary N) is 1. The average molecular weight is 208 g/mol. The van der Waals surface area contributed by atoms with Gasteiger partial charge in [0.15, 0.2) is 0 Å². The maximum atomic E-state index is 11.0. The molecule has 0 unspecified atom stereocenters. The van der Waals surface area contributed by atoms with Crippen LogP contribution in [0.2, 0.25) is 0 Å². The first-order valence-corrected chi connectivity index (χ1v) is 4.14. The number of amides is 2. The monoisotopic (exact) mass is 208 g/mol. The van der Waals surface area contributed by atoms with Crippen LogP contribution in [0.5, 0.6) is 5.75 Å². The Hall–Kier alpha value is -2.24. The number of guanidine groups is 1.